The van der Waals surface area contributed by atoms with Gasteiger partial charge >= 0.3 is 0 Å². The molecule has 7 heteroatoms. The molecule has 2 aliphatic rings. The lowest BCUT2D eigenvalue weighted by atomic mass is 9.83. The number of rotatable bonds is 6. The second kappa shape index (κ2) is 9.29. The highest BCUT2D eigenvalue weighted by molar-refractivity contribution is 5.88. The lowest BCUT2D eigenvalue weighted by molar-refractivity contribution is -0.173. The maximum Gasteiger partial charge on any atom is 0.257 e. The van der Waals surface area contributed by atoms with Crippen LogP contribution in [0.25, 0.3) is 0 Å². The van der Waals surface area contributed by atoms with Gasteiger partial charge in [-0.25, -0.2) is 0 Å². The molecule has 4 heterocycles. The van der Waals surface area contributed by atoms with Gasteiger partial charge in [-0.05, 0) is 47.0 Å². The Morgan fingerprint density at radius 3 is 2.55 bits per heavy atom. The normalized spacial score (nSPS) is 23.2. The summed E-state index contributed by atoms with van der Waals surface area (Å²) in [5.74, 6) is 0.776. The van der Waals surface area contributed by atoms with Crippen LogP contribution < -0.4 is 4.74 Å². The van der Waals surface area contributed by atoms with Crippen LogP contribution >= 0.6 is 0 Å². The van der Waals surface area contributed by atoms with Gasteiger partial charge in [0.15, 0.2) is 5.60 Å². The Kier molecular flexibility index (Phi) is 6.07. The third kappa shape index (κ3) is 4.34. The average molecular weight is 445 g/mol. The Morgan fingerprint density at radius 1 is 1.03 bits per heavy atom. The highest BCUT2D eigenvalue weighted by Gasteiger charge is 2.56. The van der Waals surface area contributed by atoms with Gasteiger partial charge in [-0.15, -0.1) is 0 Å². The summed E-state index contributed by atoms with van der Waals surface area (Å²) in [5.41, 5.74) is 2.37. The highest BCUT2D eigenvalue weighted by atomic mass is 16.5. The molecule has 3 aromatic rings. The highest BCUT2D eigenvalue weighted by Crippen LogP contribution is 2.42. The van der Waals surface area contributed by atoms with E-state index < -0.39 is 5.60 Å². The summed E-state index contributed by atoms with van der Waals surface area (Å²) in [7, 11) is 1.65. The molecule has 170 valence electrons. The van der Waals surface area contributed by atoms with E-state index in [1.54, 1.807) is 25.7 Å². The number of ether oxygens (including phenoxy) is 2. The van der Waals surface area contributed by atoms with Gasteiger partial charge in [-0.3, -0.25) is 19.7 Å². The Balaban J connectivity index is 1.42. The predicted molar refractivity (Wildman–Crippen MR) is 124 cm³/mol. The van der Waals surface area contributed by atoms with Gasteiger partial charge in [0.05, 0.1) is 13.7 Å². The molecule has 0 bridgehead atoms. The largest absolute Gasteiger partial charge is 0.497 e. The van der Waals surface area contributed by atoms with Crippen molar-refractivity contribution in [2.24, 2.45) is 0 Å². The van der Waals surface area contributed by atoms with Gasteiger partial charge in [0.25, 0.3) is 5.91 Å². The topological polar surface area (TPSA) is 67.8 Å². The molecule has 0 N–H and O–H groups in total. The Morgan fingerprint density at radius 2 is 1.82 bits per heavy atom. The number of aromatic nitrogens is 2. The van der Waals surface area contributed by atoms with E-state index >= 15 is 0 Å². The van der Waals surface area contributed by atoms with Crippen LogP contribution in [-0.4, -0.2) is 64.6 Å². The second-order valence-corrected chi connectivity index (χ2v) is 8.68. The number of hydrogen-bond acceptors (Lipinski definition) is 6. The van der Waals surface area contributed by atoms with Crippen LogP contribution in [0.5, 0.6) is 5.75 Å². The number of nitrogens with zero attached hydrogens (tertiary/aromatic N) is 4. The number of hydrogen-bond donors (Lipinski definition) is 0. The number of amides is 1. The summed E-state index contributed by atoms with van der Waals surface area (Å²) < 4.78 is 11.6. The minimum absolute atomic E-state index is 0.0515. The average Bonchev–Trinajstić information content (AvgIpc) is 3.22. The Labute approximate surface area is 194 Å². The molecular formula is C26H28N4O3. The molecule has 33 heavy (non-hydrogen) atoms. The van der Waals surface area contributed by atoms with Gasteiger partial charge in [-0.1, -0.05) is 18.2 Å². The number of methoxy groups -OCH3 is 1. The first-order valence-electron chi connectivity index (χ1n) is 11.3. The van der Waals surface area contributed by atoms with Crippen LogP contribution in [0.15, 0.2) is 73.3 Å². The molecule has 2 atom stereocenters. The van der Waals surface area contributed by atoms with Crippen LogP contribution in [0.4, 0.5) is 0 Å². The number of morpholine rings is 1. The summed E-state index contributed by atoms with van der Waals surface area (Å²) in [6, 6.07) is 15.9. The van der Waals surface area contributed by atoms with Crippen molar-refractivity contribution >= 4 is 5.91 Å². The first-order chi connectivity index (χ1) is 16.2. The van der Waals surface area contributed by atoms with Gasteiger partial charge in [0, 0.05) is 63.4 Å². The maximum absolute atomic E-state index is 14.0. The fourth-order valence-electron chi connectivity index (χ4n) is 4.97. The molecule has 2 aromatic heterocycles. The van der Waals surface area contributed by atoms with E-state index in [1.165, 1.54) is 5.56 Å². The van der Waals surface area contributed by atoms with E-state index in [4.69, 9.17) is 9.47 Å². The molecule has 2 aliphatic heterocycles. The van der Waals surface area contributed by atoms with Crippen LogP contribution in [0.1, 0.15) is 22.6 Å². The molecule has 1 amide bonds. The summed E-state index contributed by atoms with van der Waals surface area (Å²) in [5, 5.41) is 0. The van der Waals surface area contributed by atoms with Gasteiger partial charge in [0.1, 0.15) is 5.75 Å². The molecule has 0 unspecified atom stereocenters. The number of carbonyl (C=O) groups is 1. The first kappa shape index (κ1) is 21.6. The predicted octanol–water partition coefficient (Wildman–Crippen LogP) is 2.88. The lowest BCUT2D eigenvalue weighted by Crippen LogP contribution is -2.59. The molecule has 2 saturated heterocycles. The second-order valence-electron chi connectivity index (χ2n) is 8.68. The summed E-state index contributed by atoms with van der Waals surface area (Å²) >= 11 is 0. The zero-order valence-corrected chi connectivity index (χ0v) is 18.8. The van der Waals surface area contributed by atoms with Crippen molar-refractivity contribution < 1.29 is 14.3 Å². The minimum Gasteiger partial charge on any atom is -0.497 e. The summed E-state index contributed by atoms with van der Waals surface area (Å²) in [4.78, 5) is 26.7. The fraction of sp³-hybridized carbons (Fsp3) is 0.346. The smallest absolute Gasteiger partial charge is 0.257 e. The van der Waals surface area contributed by atoms with Gasteiger partial charge in [0.2, 0.25) is 0 Å². The van der Waals surface area contributed by atoms with Crippen LogP contribution in [-0.2, 0) is 22.6 Å². The summed E-state index contributed by atoms with van der Waals surface area (Å²) in [6.45, 7) is 3.68. The molecule has 1 aromatic carbocycles. The Bertz CT molecular complexity index is 1080. The van der Waals surface area contributed by atoms with E-state index in [-0.39, 0.29) is 11.8 Å². The summed E-state index contributed by atoms with van der Waals surface area (Å²) in [6.07, 6.45) is 7.23. The number of pyridine rings is 2. The first-order valence-corrected chi connectivity index (χ1v) is 11.3. The molecule has 0 aliphatic carbocycles. The lowest BCUT2D eigenvalue weighted by Gasteiger charge is -2.42. The minimum atomic E-state index is -0.916. The third-order valence-electron chi connectivity index (χ3n) is 6.61. The van der Waals surface area contributed by atoms with Crippen molar-refractivity contribution in [1.82, 2.24) is 19.8 Å². The molecule has 7 nitrogen and oxygen atoms in total. The zero-order valence-electron chi connectivity index (χ0n) is 18.8. The quantitative estimate of drug-likeness (QED) is 0.583. The van der Waals surface area contributed by atoms with Crippen molar-refractivity contribution in [1.29, 1.82) is 0 Å². The van der Waals surface area contributed by atoms with E-state index in [0.29, 0.717) is 26.2 Å². The molecule has 2 fully saturated rings. The monoisotopic (exact) mass is 444 g/mol. The van der Waals surface area contributed by atoms with E-state index in [1.807, 2.05) is 53.6 Å². The van der Waals surface area contributed by atoms with Crippen molar-refractivity contribution in [3.05, 3.63) is 90.0 Å². The maximum atomic E-state index is 14.0. The number of carbonyl (C=O) groups excluding carboxylic acids is 1. The molecule has 5 rings (SSSR count). The van der Waals surface area contributed by atoms with Crippen LogP contribution in [0, 0.1) is 0 Å². The van der Waals surface area contributed by atoms with Gasteiger partial charge in [-0.2, -0.15) is 0 Å². The van der Waals surface area contributed by atoms with Crippen molar-refractivity contribution in [3.63, 3.8) is 0 Å². The third-order valence-corrected chi connectivity index (χ3v) is 6.61. The van der Waals surface area contributed by atoms with E-state index in [9.17, 15) is 4.79 Å². The fourth-order valence-corrected chi connectivity index (χ4v) is 4.97. The van der Waals surface area contributed by atoms with Crippen molar-refractivity contribution in [2.75, 3.05) is 33.4 Å². The van der Waals surface area contributed by atoms with Crippen molar-refractivity contribution in [2.45, 2.75) is 24.6 Å². The van der Waals surface area contributed by atoms with E-state index in [0.717, 1.165) is 30.0 Å². The van der Waals surface area contributed by atoms with Crippen LogP contribution in [0.2, 0.25) is 0 Å². The zero-order chi connectivity index (χ0) is 22.7. The van der Waals surface area contributed by atoms with Crippen molar-refractivity contribution in [3.8, 4) is 5.75 Å². The molecule has 0 radical (unpaired) electrons. The SMILES string of the molecule is COc1ccc(CN2CCO[C@]3(CN(Cc4ccncc4)C[C@@H]3c3cccnc3)C2=O)cc1. The van der Waals surface area contributed by atoms with E-state index in [2.05, 4.69) is 20.9 Å². The molecule has 0 saturated carbocycles. The Hall–Kier alpha value is -3.29. The van der Waals surface area contributed by atoms with Crippen LogP contribution in [0.3, 0.4) is 0 Å². The standard InChI is InChI=1S/C26H28N4O3/c1-32-23-6-4-20(5-7-23)17-30-13-14-33-26(25(30)31)19-29(16-21-8-11-27-12-9-21)18-24(26)22-3-2-10-28-15-22/h2-12,15,24H,13-14,16-19H2,1H3/t24-,26+/m1/s1. The molecular weight excluding hydrogens is 416 g/mol. The number of benzene rings is 1. The number of likely N-dealkylation sites (tertiary alicyclic amines) is 1. The van der Waals surface area contributed by atoms with Gasteiger partial charge < -0.3 is 14.4 Å². The molecule has 1 spiro atoms.